The number of carbonyl (C=O) groups excluding carboxylic acids is 1. The highest BCUT2D eigenvalue weighted by molar-refractivity contribution is 7.89. The second-order valence-electron chi connectivity index (χ2n) is 5.51. The van der Waals surface area contributed by atoms with Gasteiger partial charge in [0.15, 0.2) is 0 Å². The third-order valence-corrected chi connectivity index (χ3v) is 4.98. The molecule has 7 nitrogen and oxygen atoms in total. The maximum Gasteiger partial charge on any atom is 0.241 e. The number of amides is 1. The number of ether oxygens (including phenoxy) is 1. The first-order valence-corrected chi connectivity index (χ1v) is 9.10. The van der Waals surface area contributed by atoms with E-state index in [2.05, 4.69) is 15.4 Å². The van der Waals surface area contributed by atoms with E-state index in [0.717, 1.165) is 17.7 Å². The molecule has 1 heterocycles. The number of carbonyl (C=O) groups is 1. The summed E-state index contributed by atoms with van der Waals surface area (Å²) in [5, 5.41) is 5.84. The lowest BCUT2D eigenvalue weighted by Gasteiger charge is -2.13. The van der Waals surface area contributed by atoms with Crippen LogP contribution < -0.4 is 15.4 Å². The summed E-state index contributed by atoms with van der Waals surface area (Å²) in [5.41, 5.74) is 1.87. The zero-order chi connectivity index (χ0) is 16.9. The molecule has 0 unspecified atom stereocenters. The Kier molecular flexibility index (Phi) is 6.11. The van der Waals surface area contributed by atoms with Crippen LogP contribution in [0.3, 0.4) is 0 Å². The molecular formula is C15H23N3O4S. The molecule has 0 fully saturated rings. The van der Waals surface area contributed by atoms with Gasteiger partial charge >= 0.3 is 0 Å². The average molecular weight is 341 g/mol. The number of hydrogen-bond acceptors (Lipinski definition) is 5. The van der Waals surface area contributed by atoms with Crippen LogP contribution in [0.2, 0.25) is 0 Å². The lowest BCUT2D eigenvalue weighted by molar-refractivity contribution is -0.120. The highest BCUT2D eigenvalue weighted by Gasteiger charge is 2.19. The molecule has 1 aromatic carbocycles. The largest absolute Gasteiger partial charge is 0.372 e. The quantitative estimate of drug-likeness (QED) is 0.624. The lowest BCUT2D eigenvalue weighted by Crippen LogP contribution is -2.43. The maximum absolute atomic E-state index is 12.2. The Bertz CT molecular complexity index is 661. The van der Waals surface area contributed by atoms with E-state index in [9.17, 15) is 13.2 Å². The molecule has 1 aliphatic rings. The SMILES string of the molecule is CCN[C@H](C)CNC(=O)CNS(=O)(=O)c1ccc2c(c1)COC2. The van der Waals surface area contributed by atoms with E-state index >= 15 is 0 Å². The van der Waals surface area contributed by atoms with Crippen molar-refractivity contribution in [2.24, 2.45) is 0 Å². The van der Waals surface area contributed by atoms with Crippen LogP contribution in [0, 0.1) is 0 Å². The number of fused-ring (bicyclic) bond motifs is 1. The van der Waals surface area contributed by atoms with Gasteiger partial charge in [0.1, 0.15) is 0 Å². The zero-order valence-electron chi connectivity index (χ0n) is 13.4. The fourth-order valence-electron chi connectivity index (χ4n) is 2.31. The van der Waals surface area contributed by atoms with Crippen LogP contribution >= 0.6 is 0 Å². The van der Waals surface area contributed by atoms with Crippen molar-refractivity contribution in [1.82, 2.24) is 15.4 Å². The Balaban J connectivity index is 1.88. The maximum atomic E-state index is 12.2. The van der Waals surface area contributed by atoms with Crippen molar-refractivity contribution in [2.75, 3.05) is 19.6 Å². The molecule has 23 heavy (non-hydrogen) atoms. The van der Waals surface area contributed by atoms with Crippen molar-refractivity contribution >= 4 is 15.9 Å². The fraction of sp³-hybridized carbons (Fsp3) is 0.533. The monoisotopic (exact) mass is 341 g/mol. The normalized spacial score (nSPS) is 15.2. The minimum absolute atomic E-state index is 0.136. The van der Waals surface area contributed by atoms with E-state index in [1.165, 1.54) is 6.07 Å². The molecular weight excluding hydrogens is 318 g/mol. The molecule has 1 aliphatic heterocycles. The third-order valence-electron chi connectivity index (χ3n) is 3.58. The van der Waals surface area contributed by atoms with Crippen LogP contribution in [0.5, 0.6) is 0 Å². The van der Waals surface area contributed by atoms with Crippen molar-refractivity contribution in [1.29, 1.82) is 0 Å². The molecule has 1 aromatic rings. The van der Waals surface area contributed by atoms with Gasteiger partial charge in [-0.15, -0.1) is 0 Å². The van der Waals surface area contributed by atoms with Crippen LogP contribution in [0.4, 0.5) is 0 Å². The van der Waals surface area contributed by atoms with Crippen molar-refractivity contribution in [3.63, 3.8) is 0 Å². The Morgan fingerprint density at radius 2 is 2.04 bits per heavy atom. The van der Waals surface area contributed by atoms with E-state index in [1.54, 1.807) is 12.1 Å². The number of sulfonamides is 1. The van der Waals surface area contributed by atoms with Gasteiger partial charge in [0, 0.05) is 12.6 Å². The summed E-state index contributed by atoms with van der Waals surface area (Å²) in [6.07, 6.45) is 0. The molecule has 8 heteroatoms. The molecule has 2 rings (SSSR count). The van der Waals surface area contributed by atoms with Gasteiger partial charge in [-0.2, -0.15) is 0 Å². The Morgan fingerprint density at radius 1 is 1.30 bits per heavy atom. The van der Waals surface area contributed by atoms with Gasteiger partial charge < -0.3 is 15.4 Å². The second kappa shape index (κ2) is 7.87. The van der Waals surface area contributed by atoms with Gasteiger partial charge in [0.25, 0.3) is 0 Å². The van der Waals surface area contributed by atoms with Crippen LogP contribution in [-0.4, -0.2) is 40.0 Å². The zero-order valence-corrected chi connectivity index (χ0v) is 14.2. The van der Waals surface area contributed by atoms with E-state index in [1.807, 2.05) is 13.8 Å². The topological polar surface area (TPSA) is 96.5 Å². The molecule has 0 spiro atoms. The minimum Gasteiger partial charge on any atom is -0.372 e. The van der Waals surface area contributed by atoms with Crippen molar-refractivity contribution in [2.45, 2.75) is 38.0 Å². The molecule has 1 atom stereocenters. The van der Waals surface area contributed by atoms with Gasteiger partial charge in [0.05, 0.1) is 24.7 Å². The molecule has 0 saturated carbocycles. The Labute approximate surface area is 136 Å². The van der Waals surface area contributed by atoms with Crippen LogP contribution in [0.1, 0.15) is 25.0 Å². The fourth-order valence-corrected chi connectivity index (χ4v) is 3.34. The smallest absolute Gasteiger partial charge is 0.241 e. The van der Waals surface area contributed by atoms with Gasteiger partial charge in [-0.1, -0.05) is 13.0 Å². The van der Waals surface area contributed by atoms with E-state index in [4.69, 9.17) is 4.74 Å². The molecule has 0 aromatic heterocycles. The Hall–Kier alpha value is -1.48. The van der Waals surface area contributed by atoms with Gasteiger partial charge in [-0.3, -0.25) is 4.79 Å². The summed E-state index contributed by atoms with van der Waals surface area (Å²) < 4.78 is 32.1. The first-order valence-electron chi connectivity index (χ1n) is 7.61. The molecule has 0 bridgehead atoms. The summed E-state index contributed by atoms with van der Waals surface area (Å²) in [6.45, 7) is 5.83. The van der Waals surface area contributed by atoms with Crippen molar-refractivity contribution in [3.8, 4) is 0 Å². The number of benzene rings is 1. The Morgan fingerprint density at radius 3 is 2.78 bits per heavy atom. The number of rotatable bonds is 8. The molecule has 3 N–H and O–H groups in total. The van der Waals surface area contributed by atoms with E-state index in [-0.39, 0.29) is 23.4 Å². The lowest BCUT2D eigenvalue weighted by atomic mass is 10.1. The third kappa shape index (κ3) is 5.00. The van der Waals surface area contributed by atoms with E-state index < -0.39 is 10.0 Å². The first kappa shape index (κ1) is 17.9. The van der Waals surface area contributed by atoms with Crippen molar-refractivity contribution < 1.29 is 17.9 Å². The molecule has 0 saturated heterocycles. The summed E-state index contributed by atoms with van der Waals surface area (Å²) in [5.74, 6) is -0.358. The second-order valence-corrected chi connectivity index (χ2v) is 7.28. The molecule has 0 aliphatic carbocycles. The predicted molar refractivity (Wildman–Crippen MR) is 86.3 cm³/mol. The highest BCUT2D eigenvalue weighted by atomic mass is 32.2. The number of hydrogen-bond donors (Lipinski definition) is 3. The average Bonchev–Trinajstić information content (AvgIpc) is 2.99. The summed E-state index contributed by atoms with van der Waals surface area (Å²) >= 11 is 0. The van der Waals surface area contributed by atoms with Gasteiger partial charge in [-0.25, -0.2) is 13.1 Å². The number of nitrogens with one attached hydrogen (secondary N) is 3. The van der Waals surface area contributed by atoms with Gasteiger partial charge in [0.2, 0.25) is 15.9 Å². The van der Waals surface area contributed by atoms with E-state index in [0.29, 0.717) is 19.8 Å². The van der Waals surface area contributed by atoms with Gasteiger partial charge in [-0.05, 0) is 36.7 Å². The van der Waals surface area contributed by atoms with Crippen LogP contribution in [-0.2, 0) is 32.8 Å². The standard InChI is InChI=1S/C15H23N3O4S/c1-3-16-11(2)7-17-15(19)8-18-23(20,21)14-5-4-12-9-22-10-13(12)6-14/h4-6,11,16,18H,3,7-10H2,1-2H3,(H,17,19)/t11-/m1/s1. The molecule has 1 amide bonds. The van der Waals surface area contributed by atoms with Crippen LogP contribution in [0.15, 0.2) is 23.1 Å². The predicted octanol–water partition coefficient (Wildman–Crippen LogP) is 0.109. The first-order chi connectivity index (χ1) is 10.9. The number of likely N-dealkylation sites (N-methyl/N-ethyl adjacent to an activating group) is 1. The summed E-state index contributed by atoms with van der Waals surface area (Å²) in [7, 11) is -3.71. The van der Waals surface area contributed by atoms with Crippen LogP contribution in [0.25, 0.3) is 0 Å². The minimum atomic E-state index is -3.71. The van der Waals surface area contributed by atoms with Crippen molar-refractivity contribution in [3.05, 3.63) is 29.3 Å². The molecule has 0 radical (unpaired) electrons. The highest BCUT2D eigenvalue weighted by Crippen LogP contribution is 2.22. The summed E-state index contributed by atoms with van der Waals surface area (Å²) in [6, 6.07) is 5.00. The summed E-state index contributed by atoms with van der Waals surface area (Å²) in [4.78, 5) is 11.9. The molecule has 128 valence electrons.